The van der Waals surface area contributed by atoms with E-state index >= 15 is 0 Å². The van der Waals surface area contributed by atoms with Gasteiger partial charge in [-0.1, -0.05) is 6.07 Å². The minimum Gasteiger partial charge on any atom is -0.478 e. The topological polar surface area (TPSA) is 122 Å². The largest absolute Gasteiger partial charge is 0.478 e. The third-order valence-corrected chi connectivity index (χ3v) is 2.13. The Hall–Kier alpha value is -2.64. The van der Waals surface area contributed by atoms with Gasteiger partial charge in [0.05, 0.1) is 5.69 Å². The van der Waals surface area contributed by atoms with Crippen LogP contribution in [0.5, 0.6) is 0 Å². The van der Waals surface area contributed by atoms with Gasteiger partial charge in [0.25, 0.3) is 0 Å². The number of urea groups is 1. The summed E-state index contributed by atoms with van der Waals surface area (Å²) >= 11 is 0. The predicted molar refractivity (Wildman–Crippen MR) is 64.2 cm³/mol. The van der Waals surface area contributed by atoms with Crippen LogP contribution in [0.2, 0.25) is 0 Å². The smallest absolute Gasteiger partial charge is 0.340 e. The van der Waals surface area contributed by atoms with E-state index in [0.29, 0.717) is 0 Å². The highest BCUT2D eigenvalue weighted by Gasteiger charge is 2.17. The first kappa shape index (κ1) is 14.4. The lowest BCUT2D eigenvalue weighted by Crippen LogP contribution is -2.32. The number of rotatable bonds is 5. The number of carboxylic acids is 1. The van der Waals surface area contributed by atoms with Crippen molar-refractivity contribution >= 4 is 23.6 Å². The van der Waals surface area contributed by atoms with Gasteiger partial charge in [-0.3, -0.25) is 4.79 Å². The van der Waals surface area contributed by atoms with Crippen molar-refractivity contribution in [2.24, 2.45) is 5.73 Å². The van der Waals surface area contributed by atoms with Crippen molar-refractivity contribution in [3.8, 4) is 0 Å². The number of carbonyl (C=O) groups excluding carboxylic acids is 2. The highest BCUT2D eigenvalue weighted by molar-refractivity contribution is 6.00. The van der Waals surface area contributed by atoms with Crippen LogP contribution in [0.25, 0.3) is 0 Å². The van der Waals surface area contributed by atoms with Crippen LogP contribution in [0, 0.1) is 5.82 Å². The Morgan fingerprint density at radius 3 is 2.58 bits per heavy atom. The molecule has 0 fully saturated rings. The first-order valence-electron chi connectivity index (χ1n) is 5.26. The number of nitrogens with one attached hydrogen (secondary N) is 2. The average Bonchev–Trinajstić information content (AvgIpc) is 2.27. The van der Waals surface area contributed by atoms with Crippen molar-refractivity contribution in [3.05, 3.63) is 29.6 Å². The Morgan fingerprint density at radius 1 is 1.32 bits per heavy atom. The highest BCUT2D eigenvalue weighted by atomic mass is 19.1. The summed E-state index contributed by atoms with van der Waals surface area (Å²) in [5.41, 5.74) is 4.07. The summed E-state index contributed by atoms with van der Waals surface area (Å²) in [5.74, 6) is -3.04. The van der Waals surface area contributed by atoms with Gasteiger partial charge < -0.3 is 21.5 Å². The van der Waals surface area contributed by atoms with Crippen LogP contribution in [-0.2, 0) is 4.79 Å². The number of aromatic carboxylic acids is 1. The third-order valence-electron chi connectivity index (χ3n) is 2.13. The van der Waals surface area contributed by atoms with Gasteiger partial charge in [-0.05, 0) is 12.1 Å². The Morgan fingerprint density at radius 2 is 2.00 bits per heavy atom. The molecule has 19 heavy (non-hydrogen) atoms. The van der Waals surface area contributed by atoms with Crippen molar-refractivity contribution in [2.75, 3.05) is 11.9 Å². The fourth-order valence-corrected chi connectivity index (χ4v) is 1.31. The van der Waals surface area contributed by atoms with Gasteiger partial charge in [0.15, 0.2) is 0 Å². The summed E-state index contributed by atoms with van der Waals surface area (Å²) in [6, 6.07) is 2.73. The zero-order chi connectivity index (χ0) is 14.4. The molecule has 102 valence electrons. The van der Waals surface area contributed by atoms with E-state index in [1.165, 1.54) is 12.1 Å². The number of primary amides is 1. The van der Waals surface area contributed by atoms with E-state index in [-0.39, 0.29) is 18.7 Å². The fourth-order valence-electron chi connectivity index (χ4n) is 1.31. The van der Waals surface area contributed by atoms with E-state index in [1.807, 2.05) is 0 Å². The molecule has 0 aliphatic rings. The number of nitrogens with two attached hydrogens (primary N) is 1. The van der Waals surface area contributed by atoms with E-state index < -0.39 is 29.3 Å². The van der Waals surface area contributed by atoms with E-state index in [9.17, 15) is 18.8 Å². The summed E-state index contributed by atoms with van der Waals surface area (Å²) in [6.07, 6.45) is -0.0532. The number of amides is 3. The number of benzene rings is 1. The number of hydrogen-bond acceptors (Lipinski definition) is 3. The first-order chi connectivity index (χ1) is 8.91. The molecule has 0 heterocycles. The normalized spacial score (nSPS) is 9.74. The SMILES string of the molecule is NC(=O)CCNC(=O)Nc1cccc(F)c1C(=O)O. The van der Waals surface area contributed by atoms with Crippen molar-refractivity contribution in [3.63, 3.8) is 0 Å². The molecule has 0 bridgehead atoms. The Kier molecular flexibility index (Phi) is 4.81. The maximum absolute atomic E-state index is 13.3. The van der Waals surface area contributed by atoms with Gasteiger partial charge >= 0.3 is 12.0 Å². The van der Waals surface area contributed by atoms with Crippen LogP contribution in [0.15, 0.2) is 18.2 Å². The Balaban J connectivity index is 2.72. The molecule has 0 aromatic heterocycles. The molecule has 0 spiro atoms. The third kappa shape index (κ3) is 4.26. The number of carbonyl (C=O) groups is 3. The molecule has 1 rings (SSSR count). The van der Waals surface area contributed by atoms with Gasteiger partial charge in [-0.15, -0.1) is 0 Å². The quantitative estimate of drug-likeness (QED) is 0.622. The second-order valence-corrected chi connectivity index (χ2v) is 3.56. The molecule has 0 radical (unpaired) electrons. The average molecular weight is 269 g/mol. The van der Waals surface area contributed by atoms with Gasteiger partial charge in [0.2, 0.25) is 5.91 Å². The second kappa shape index (κ2) is 6.34. The number of anilines is 1. The lowest BCUT2D eigenvalue weighted by Gasteiger charge is -2.09. The standard InChI is InChI=1S/C11H12FN3O4/c12-6-2-1-3-7(9(6)10(17)18)15-11(19)14-5-4-8(13)16/h1-3H,4-5H2,(H2,13,16)(H,17,18)(H2,14,15,19). The summed E-state index contributed by atoms with van der Waals surface area (Å²) < 4.78 is 13.3. The van der Waals surface area contributed by atoms with Crippen LogP contribution in [0.4, 0.5) is 14.9 Å². The van der Waals surface area contributed by atoms with E-state index in [1.54, 1.807) is 0 Å². The number of halogens is 1. The van der Waals surface area contributed by atoms with Crippen molar-refractivity contribution in [2.45, 2.75) is 6.42 Å². The number of carboxylic acid groups (broad SMARTS) is 1. The maximum Gasteiger partial charge on any atom is 0.340 e. The van der Waals surface area contributed by atoms with Crippen molar-refractivity contribution < 1.29 is 23.9 Å². The minimum atomic E-state index is -1.49. The molecule has 1 aromatic rings. The zero-order valence-corrected chi connectivity index (χ0v) is 9.77. The van der Waals surface area contributed by atoms with E-state index in [0.717, 1.165) is 6.07 Å². The summed E-state index contributed by atoms with van der Waals surface area (Å²) in [6.45, 7) is -0.00110. The predicted octanol–water partition coefficient (Wildman–Crippen LogP) is 0.521. The van der Waals surface area contributed by atoms with Crippen molar-refractivity contribution in [1.82, 2.24) is 5.32 Å². The van der Waals surface area contributed by atoms with Gasteiger partial charge in [0.1, 0.15) is 11.4 Å². The van der Waals surface area contributed by atoms with E-state index in [2.05, 4.69) is 10.6 Å². The van der Waals surface area contributed by atoms with Crippen LogP contribution in [0.1, 0.15) is 16.8 Å². The molecule has 0 saturated heterocycles. The Labute approximate surface area is 107 Å². The molecular formula is C11H12FN3O4. The molecule has 5 N–H and O–H groups in total. The van der Waals surface area contributed by atoms with Crippen LogP contribution < -0.4 is 16.4 Å². The first-order valence-corrected chi connectivity index (χ1v) is 5.26. The summed E-state index contributed by atoms with van der Waals surface area (Å²) in [5, 5.41) is 13.3. The van der Waals surface area contributed by atoms with Gasteiger partial charge in [-0.2, -0.15) is 0 Å². The molecule has 7 nitrogen and oxygen atoms in total. The summed E-state index contributed by atoms with van der Waals surface area (Å²) in [4.78, 5) is 32.7. The molecule has 0 atom stereocenters. The zero-order valence-electron chi connectivity index (χ0n) is 9.77. The fraction of sp³-hybridized carbons (Fsp3) is 0.182. The molecular weight excluding hydrogens is 257 g/mol. The Bertz CT molecular complexity index is 519. The molecule has 8 heteroatoms. The second-order valence-electron chi connectivity index (χ2n) is 3.56. The van der Waals surface area contributed by atoms with Crippen LogP contribution >= 0.6 is 0 Å². The highest BCUT2D eigenvalue weighted by Crippen LogP contribution is 2.18. The van der Waals surface area contributed by atoms with Crippen molar-refractivity contribution in [1.29, 1.82) is 0 Å². The lowest BCUT2D eigenvalue weighted by molar-refractivity contribution is -0.117. The molecule has 1 aromatic carbocycles. The molecule has 0 aliphatic carbocycles. The molecule has 0 unspecified atom stereocenters. The number of hydrogen-bond donors (Lipinski definition) is 4. The maximum atomic E-state index is 13.3. The molecule has 0 aliphatic heterocycles. The minimum absolute atomic E-state index is 0.00110. The summed E-state index contributed by atoms with van der Waals surface area (Å²) in [7, 11) is 0. The van der Waals surface area contributed by atoms with Gasteiger partial charge in [0, 0.05) is 13.0 Å². The lowest BCUT2D eigenvalue weighted by atomic mass is 10.1. The van der Waals surface area contributed by atoms with Crippen LogP contribution in [-0.4, -0.2) is 29.6 Å². The van der Waals surface area contributed by atoms with E-state index in [4.69, 9.17) is 10.8 Å². The van der Waals surface area contributed by atoms with Crippen LogP contribution in [0.3, 0.4) is 0 Å². The molecule has 3 amide bonds. The van der Waals surface area contributed by atoms with Gasteiger partial charge in [-0.25, -0.2) is 14.0 Å². The monoisotopic (exact) mass is 269 g/mol. The molecule has 0 saturated carbocycles.